The first-order chi connectivity index (χ1) is 4.93. The minimum absolute atomic E-state index is 0.437. The molecule has 0 amide bonds. The first kappa shape index (κ1) is 7.86. The highest BCUT2D eigenvalue weighted by Crippen LogP contribution is 2.14. The van der Waals surface area contributed by atoms with Gasteiger partial charge in [0.2, 0.25) is 0 Å². The number of rotatable bonds is 3. The van der Waals surface area contributed by atoms with Gasteiger partial charge in [0.25, 0.3) is 0 Å². The van der Waals surface area contributed by atoms with Gasteiger partial charge in [0.1, 0.15) is 0 Å². The third kappa shape index (κ3) is 2.56. The summed E-state index contributed by atoms with van der Waals surface area (Å²) in [6.45, 7) is 1.69. The standard InChI is InChI=1S/C7H11NOS/c10-6-8-4-3-7-2-1-5-9-7/h7H,1-5H2/t7-/m1/s1. The summed E-state index contributed by atoms with van der Waals surface area (Å²) in [5, 5.41) is 2.34. The second-order valence-corrected chi connectivity index (χ2v) is 2.58. The van der Waals surface area contributed by atoms with E-state index in [0.29, 0.717) is 6.10 Å². The Morgan fingerprint density at radius 1 is 1.70 bits per heavy atom. The first-order valence-electron chi connectivity index (χ1n) is 3.58. The van der Waals surface area contributed by atoms with Gasteiger partial charge >= 0.3 is 0 Å². The molecule has 3 heteroatoms. The number of aliphatic imine (C=N–C) groups is 1. The topological polar surface area (TPSA) is 21.6 Å². The van der Waals surface area contributed by atoms with Crippen molar-refractivity contribution >= 4 is 17.4 Å². The summed E-state index contributed by atoms with van der Waals surface area (Å²) >= 11 is 4.43. The SMILES string of the molecule is S=C=NCC[C@H]1CCCO1. The zero-order valence-electron chi connectivity index (χ0n) is 5.88. The molecule has 1 aliphatic heterocycles. The fourth-order valence-electron chi connectivity index (χ4n) is 1.13. The van der Waals surface area contributed by atoms with Crippen LogP contribution in [0, 0.1) is 0 Å². The summed E-state index contributed by atoms with van der Waals surface area (Å²) in [5.41, 5.74) is 0. The molecule has 0 aliphatic carbocycles. The van der Waals surface area contributed by atoms with Crippen LogP contribution in [-0.2, 0) is 4.74 Å². The monoisotopic (exact) mass is 157 g/mol. The van der Waals surface area contributed by atoms with Gasteiger partial charge in [0.15, 0.2) is 0 Å². The average Bonchev–Trinajstić information content (AvgIpc) is 2.41. The molecule has 0 aromatic carbocycles. The van der Waals surface area contributed by atoms with E-state index < -0.39 is 0 Å². The second-order valence-electron chi connectivity index (χ2n) is 2.40. The van der Waals surface area contributed by atoms with Crippen molar-refractivity contribution in [3.05, 3.63) is 0 Å². The molecule has 0 spiro atoms. The lowest BCUT2D eigenvalue weighted by atomic mass is 10.2. The van der Waals surface area contributed by atoms with Crippen molar-refractivity contribution in [2.24, 2.45) is 4.99 Å². The van der Waals surface area contributed by atoms with Crippen LogP contribution in [0.2, 0.25) is 0 Å². The smallest absolute Gasteiger partial charge is 0.0593 e. The van der Waals surface area contributed by atoms with Crippen LogP contribution in [0.1, 0.15) is 19.3 Å². The number of isothiocyanates is 1. The van der Waals surface area contributed by atoms with E-state index in [1.807, 2.05) is 0 Å². The van der Waals surface area contributed by atoms with Gasteiger partial charge in [-0.05, 0) is 31.5 Å². The molecule has 0 unspecified atom stereocenters. The predicted octanol–water partition coefficient (Wildman–Crippen LogP) is 1.66. The van der Waals surface area contributed by atoms with Crippen molar-refractivity contribution in [1.29, 1.82) is 0 Å². The molecule has 0 radical (unpaired) electrons. The molecule has 1 rings (SSSR count). The molecule has 0 bridgehead atoms. The molecule has 0 aromatic rings. The molecule has 1 fully saturated rings. The van der Waals surface area contributed by atoms with Crippen molar-refractivity contribution in [3.8, 4) is 0 Å². The highest BCUT2D eigenvalue weighted by molar-refractivity contribution is 7.78. The lowest BCUT2D eigenvalue weighted by Crippen LogP contribution is -2.05. The highest BCUT2D eigenvalue weighted by atomic mass is 32.1. The molecule has 0 saturated carbocycles. The van der Waals surface area contributed by atoms with Crippen molar-refractivity contribution in [1.82, 2.24) is 0 Å². The third-order valence-electron chi connectivity index (χ3n) is 1.65. The van der Waals surface area contributed by atoms with Gasteiger partial charge in [-0.2, -0.15) is 0 Å². The maximum Gasteiger partial charge on any atom is 0.0593 e. The summed E-state index contributed by atoms with van der Waals surface area (Å²) in [5.74, 6) is 0. The Labute approximate surface area is 66.3 Å². The Kier molecular flexibility index (Phi) is 3.58. The summed E-state index contributed by atoms with van der Waals surface area (Å²) < 4.78 is 5.38. The zero-order valence-corrected chi connectivity index (χ0v) is 6.69. The van der Waals surface area contributed by atoms with Gasteiger partial charge in [-0.3, -0.25) is 0 Å². The van der Waals surface area contributed by atoms with Gasteiger partial charge in [-0.25, -0.2) is 4.99 Å². The summed E-state index contributed by atoms with van der Waals surface area (Å²) in [4.78, 5) is 3.82. The summed E-state index contributed by atoms with van der Waals surface area (Å²) in [6, 6.07) is 0. The molecule has 1 aliphatic rings. The average molecular weight is 157 g/mol. The van der Waals surface area contributed by atoms with E-state index in [0.717, 1.165) is 19.6 Å². The second kappa shape index (κ2) is 4.56. The van der Waals surface area contributed by atoms with Crippen molar-refractivity contribution in [2.45, 2.75) is 25.4 Å². The van der Waals surface area contributed by atoms with Gasteiger partial charge in [0.05, 0.1) is 17.8 Å². The molecular weight excluding hydrogens is 146 g/mol. The van der Waals surface area contributed by atoms with E-state index in [-0.39, 0.29) is 0 Å². The van der Waals surface area contributed by atoms with Crippen LogP contribution in [-0.4, -0.2) is 24.4 Å². The zero-order chi connectivity index (χ0) is 7.23. The predicted molar refractivity (Wildman–Crippen MR) is 43.5 cm³/mol. The number of nitrogens with zero attached hydrogens (tertiary/aromatic N) is 1. The Morgan fingerprint density at radius 3 is 3.20 bits per heavy atom. The first-order valence-corrected chi connectivity index (χ1v) is 3.99. The number of ether oxygens (including phenoxy) is 1. The maximum absolute atomic E-state index is 5.38. The van der Waals surface area contributed by atoms with Crippen molar-refractivity contribution in [2.75, 3.05) is 13.2 Å². The van der Waals surface area contributed by atoms with E-state index >= 15 is 0 Å². The van der Waals surface area contributed by atoms with Crippen LogP contribution in [0.25, 0.3) is 0 Å². The lowest BCUT2D eigenvalue weighted by Gasteiger charge is -2.04. The number of hydrogen-bond acceptors (Lipinski definition) is 3. The van der Waals surface area contributed by atoms with E-state index in [4.69, 9.17) is 4.74 Å². The Morgan fingerprint density at radius 2 is 2.60 bits per heavy atom. The van der Waals surface area contributed by atoms with Crippen molar-refractivity contribution < 1.29 is 4.74 Å². The minimum Gasteiger partial charge on any atom is -0.378 e. The third-order valence-corrected chi connectivity index (χ3v) is 1.78. The largest absolute Gasteiger partial charge is 0.378 e. The molecule has 0 aromatic heterocycles. The van der Waals surface area contributed by atoms with Crippen LogP contribution < -0.4 is 0 Å². The Hall–Kier alpha value is -0.240. The normalized spacial score (nSPS) is 24.2. The maximum atomic E-state index is 5.38. The van der Waals surface area contributed by atoms with Crippen LogP contribution in [0.4, 0.5) is 0 Å². The van der Waals surface area contributed by atoms with Crippen molar-refractivity contribution in [3.63, 3.8) is 0 Å². The van der Waals surface area contributed by atoms with Crippen LogP contribution >= 0.6 is 12.2 Å². The van der Waals surface area contributed by atoms with Crippen LogP contribution in [0.5, 0.6) is 0 Å². The molecule has 10 heavy (non-hydrogen) atoms. The lowest BCUT2D eigenvalue weighted by molar-refractivity contribution is 0.106. The van der Waals surface area contributed by atoms with Gasteiger partial charge in [0, 0.05) is 6.61 Å². The molecule has 1 saturated heterocycles. The molecule has 1 atom stereocenters. The minimum atomic E-state index is 0.437. The fourth-order valence-corrected chi connectivity index (χ4v) is 1.22. The molecule has 2 nitrogen and oxygen atoms in total. The molecule has 0 N–H and O–H groups in total. The van der Waals surface area contributed by atoms with Gasteiger partial charge in [-0.15, -0.1) is 0 Å². The van der Waals surface area contributed by atoms with E-state index in [9.17, 15) is 0 Å². The van der Waals surface area contributed by atoms with Gasteiger partial charge < -0.3 is 4.74 Å². The van der Waals surface area contributed by atoms with Crippen LogP contribution in [0.15, 0.2) is 4.99 Å². The van der Waals surface area contributed by atoms with Crippen LogP contribution in [0.3, 0.4) is 0 Å². The Bertz CT molecular complexity index is 137. The summed E-state index contributed by atoms with van der Waals surface area (Å²) in [7, 11) is 0. The van der Waals surface area contributed by atoms with Gasteiger partial charge in [-0.1, -0.05) is 0 Å². The summed E-state index contributed by atoms with van der Waals surface area (Å²) in [6.07, 6.45) is 3.83. The quantitative estimate of drug-likeness (QED) is 0.459. The highest BCUT2D eigenvalue weighted by Gasteiger charge is 2.13. The van der Waals surface area contributed by atoms with E-state index in [1.54, 1.807) is 0 Å². The number of hydrogen-bond donors (Lipinski definition) is 0. The molecule has 1 heterocycles. The van der Waals surface area contributed by atoms with E-state index in [1.165, 1.54) is 12.8 Å². The molecule has 56 valence electrons. The van der Waals surface area contributed by atoms with E-state index in [2.05, 4.69) is 22.4 Å². The fraction of sp³-hybridized carbons (Fsp3) is 0.857. The molecular formula is C7H11NOS. The Balaban J connectivity index is 2.06. The number of thiocarbonyl (C=S) groups is 1.